The highest BCUT2D eigenvalue weighted by molar-refractivity contribution is 5.82. The van der Waals surface area contributed by atoms with Gasteiger partial charge in [-0.2, -0.15) is 0 Å². The van der Waals surface area contributed by atoms with E-state index in [-0.39, 0.29) is 11.9 Å². The summed E-state index contributed by atoms with van der Waals surface area (Å²) >= 11 is 0. The summed E-state index contributed by atoms with van der Waals surface area (Å²) in [4.78, 5) is 11.6. The number of benzene rings is 1. The lowest BCUT2D eigenvalue weighted by molar-refractivity contribution is -0.122. The number of rotatable bonds is 5. The zero-order valence-electron chi connectivity index (χ0n) is 9.52. The van der Waals surface area contributed by atoms with Crippen LogP contribution < -0.4 is 11.1 Å². The molecule has 3 heteroatoms. The zero-order valence-corrected chi connectivity index (χ0v) is 9.52. The second-order valence-electron chi connectivity index (χ2n) is 3.77. The molecule has 1 aromatic rings. The van der Waals surface area contributed by atoms with Crippen LogP contribution in [0, 0.1) is 0 Å². The minimum absolute atomic E-state index is 0.0236. The fraction of sp³-hybridized carbons (Fsp3) is 0.308. The van der Waals surface area contributed by atoms with E-state index >= 15 is 0 Å². The molecule has 0 aliphatic heterocycles. The third kappa shape index (κ3) is 3.51. The Morgan fingerprint density at radius 1 is 1.50 bits per heavy atom. The third-order valence-corrected chi connectivity index (χ3v) is 2.42. The predicted octanol–water partition coefficient (Wildman–Crippen LogP) is 1.77. The van der Waals surface area contributed by atoms with E-state index in [1.54, 1.807) is 6.08 Å². The van der Waals surface area contributed by atoms with Crippen LogP contribution in [0.5, 0.6) is 0 Å². The quantitative estimate of drug-likeness (QED) is 0.740. The Hall–Kier alpha value is -1.61. The second-order valence-corrected chi connectivity index (χ2v) is 3.77. The minimum Gasteiger partial charge on any atom is -0.348 e. The van der Waals surface area contributed by atoms with Crippen molar-refractivity contribution in [3.63, 3.8) is 0 Å². The smallest absolute Gasteiger partial charge is 0.237 e. The van der Waals surface area contributed by atoms with Crippen molar-refractivity contribution in [2.45, 2.75) is 25.4 Å². The molecule has 3 N–H and O–H groups in total. The van der Waals surface area contributed by atoms with Crippen LogP contribution in [-0.2, 0) is 4.79 Å². The van der Waals surface area contributed by atoms with Gasteiger partial charge in [-0.05, 0) is 18.9 Å². The summed E-state index contributed by atoms with van der Waals surface area (Å²) in [5.41, 5.74) is 6.74. The molecule has 0 fully saturated rings. The summed E-state index contributed by atoms with van der Waals surface area (Å²) in [6.45, 7) is 5.50. The number of carbonyl (C=O) groups excluding carboxylic acids is 1. The van der Waals surface area contributed by atoms with Gasteiger partial charge in [-0.25, -0.2) is 0 Å². The topological polar surface area (TPSA) is 55.1 Å². The molecule has 0 aromatic heterocycles. The van der Waals surface area contributed by atoms with Crippen molar-refractivity contribution < 1.29 is 4.79 Å². The molecule has 0 spiro atoms. The van der Waals surface area contributed by atoms with E-state index < -0.39 is 6.04 Å². The molecule has 3 nitrogen and oxygen atoms in total. The van der Waals surface area contributed by atoms with Crippen molar-refractivity contribution in [1.82, 2.24) is 5.32 Å². The lowest BCUT2D eigenvalue weighted by Crippen LogP contribution is -2.41. The first kappa shape index (κ1) is 12.5. The Morgan fingerprint density at radius 3 is 2.69 bits per heavy atom. The minimum atomic E-state index is -0.510. The van der Waals surface area contributed by atoms with Crippen LogP contribution in [0.3, 0.4) is 0 Å². The summed E-state index contributed by atoms with van der Waals surface area (Å²) < 4.78 is 0. The van der Waals surface area contributed by atoms with E-state index in [0.717, 1.165) is 5.56 Å². The van der Waals surface area contributed by atoms with Crippen LogP contribution in [0.2, 0.25) is 0 Å². The average Bonchev–Trinajstić information content (AvgIpc) is 2.30. The maximum Gasteiger partial charge on any atom is 0.237 e. The molecule has 1 amide bonds. The average molecular weight is 218 g/mol. The van der Waals surface area contributed by atoms with Gasteiger partial charge in [-0.3, -0.25) is 4.79 Å². The van der Waals surface area contributed by atoms with Crippen LogP contribution >= 0.6 is 0 Å². The van der Waals surface area contributed by atoms with Crippen LogP contribution in [0.25, 0.3) is 0 Å². The van der Waals surface area contributed by atoms with Gasteiger partial charge in [0.05, 0.1) is 12.1 Å². The Morgan fingerprint density at radius 2 is 2.12 bits per heavy atom. The summed E-state index contributed by atoms with van der Waals surface area (Å²) in [6.07, 6.45) is 2.14. The van der Waals surface area contributed by atoms with Crippen LogP contribution in [-0.4, -0.2) is 11.9 Å². The predicted molar refractivity (Wildman–Crippen MR) is 65.8 cm³/mol. The molecule has 1 aromatic carbocycles. The molecule has 2 unspecified atom stereocenters. The van der Waals surface area contributed by atoms with Gasteiger partial charge in [-0.15, -0.1) is 6.58 Å². The lowest BCUT2D eigenvalue weighted by Gasteiger charge is -2.17. The molecular formula is C13H18N2O. The van der Waals surface area contributed by atoms with Gasteiger partial charge in [0.25, 0.3) is 0 Å². The fourth-order valence-electron chi connectivity index (χ4n) is 1.43. The fourth-order valence-corrected chi connectivity index (χ4v) is 1.43. The first-order valence-electron chi connectivity index (χ1n) is 5.37. The number of hydrogen-bond donors (Lipinski definition) is 2. The van der Waals surface area contributed by atoms with E-state index in [4.69, 9.17) is 5.73 Å². The maximum atomic E-state index is 11.6. The van der Waals surface area contributed by atoms with E-state index in [1.165, 1.54) is 0 Å². The monoisotopic (exact) mass is 218 g/mol. The summed E-state index contributed by atoms with van der Waals surface area (Å²) in [7, 11) is 0. The number of nitrogens with one attached hydrogen (secondary N) is 1. The zero-order chi connectivity index (χ0) is 12.0. The highest BCUT2D eigenvalue weighted by Crippen LogP contribution is 2.11. The van der Waals surface area contributed by atoms with Gasteiger partial charge in [-0.1, -0.05) is 36.4 Å². The van der Waals surface area contributed by atoms with Crippen molar-refractivity contribution >= 4 is 5.91 Å². The van der Waals surface area contributed by atoms with Crippen molar-refractivity contribution in [2.24, 2.45) is 5.73 Å². The molecule has 16 heavy (non-hydrogen) atoms. The highest BCUT2D eigenvalue weighted by Gasteiger charge is 2.14. The normalized spacial score (nSPS) is 13.9. The van der Waals surface area contributed by atoms with Crippen LogP contribution in [0.4, 0.5) is 0 Å². The van der Waals surface area contributed by atoms with Crippen molar-refractivity contribution in [3.05, 3.63) is 48.6 Å². The Bertz CT molecular complexity index is 348. The Kier molecular flexibility index (Phi) is 4.73. The highest BCUT2D eigenvalue weighted by atomic mass is 16.2. The van der Waals surface area contributed by atoms with Gasteiger partial charge < -0.3 is 11.1 Å². The first-order chi connectivity index (χ1) is 7.65. The summed E-state index contributed by atoms with van der Waals surface area (Å²) in [5.74, 6) is -0.142. The summed E-state index contributed by atoms with van der Waals surface area (Å²) in [6, 6.07) is 9.26. The second kappa shape index (κ2) is 6.08. The molecule has 0 bridgehead atoms. The van der Waals surface area contributed by atoms with Crippen molar-refractivity contribution in [1.29, 1.82) is 0 Å². The molecule has 0 radical (unpaired) electrons. The van der Waals surface area contributed by atoms with Gasteiger partial charge in [0.1, 0.15) is 0 Å². The van der Waals surface area contributed by atoms with Crippen LogP contribution in [0.1, 0.15) is 24.9 Å². The van der Waals surface area contributed by atoms with Crippen molar-refractivity contribution in [2.75, 3.05) is 0 Å². The first-order valence-corrected chi connectivity index (χ1v) is 5.37. The van der Waals surface area contributed by atoms with Gasteiger partial charge in [0.2, 0.25) is 5.91 Å². The molecule has 2 atom stereocenters. The molecular weight excluding hydrogens is 200 g/mol. The number of carbonyl (C=O) groups is 1. The molecule has 0 saturated carbocycles. The van der Waals surface area contributed by atoms with E-state index in [0.29, 0.717) is 6.42 Å². The van der Waals surface area contributed by atoms with Gasteiger partial charge >= 0.3 is 0 Å². The molecule has 86 valence electrons. The Labute approximate surface area is 96.3 Å². The SMILES string of the molecule is C=CCC(N)C(=O)NC(C)c1ccccc1. The van der Waals surface area contributed by atoms with E-state index in [2.05, 4.69) is 11.9 Å². The Balaban J connectivity index is 2.55. The van der Waals surface area contributed by atoms with E-state index in [1.807, 2.05) is 37.3 Å². The van der Waals surface area contributed by atoms with E-state index in [9.17, 15) is 4.79 Å². The number of amides is 1. The third-order valence-electron chi connectivity index (χ3n) is 2.42. The van der Waals surface area contributed by atoms with Gasteiger partial charge in [0.15, 0.2) is 0 Å². The lowest BCUT2D eigenvalue weighted by atomic mass is 10.1. The number of hydrogen-bond acceptors (Lipinski definition) is 2. The standard InChI is InChI=1S/C13H18N2O/c1-3-7-12(14)13(16)15-10(2)11-8-5-4-6-9-11/h3-6,8-10,12H,1,7,14H2,2H3,(H,15,16). The van der Waals surface area contributed by atoms with Crippen LogP contribution in [0.15, 0.2) is 43.0 Å². The molecule has 1 rings (SSSR count). The molecule has 0 saturated heterocycles. The molecule has 0 heterocycles. The molecule has 0 aliphatic carbocycles. The summed E-state index contributed by atoms with van der Waals surface area (Å²) in [5, 5.41) is 2.87. The number of nitrogens with two attached hydrogens (primary N) is 1. The molecule has 0 aliphatic rings. The van der Waals surface area contributed by atoms with Crippen molar-refractivity contribution in [3.8, 4) is 0 Å². The van der Waals surface area contributed by atoms with Gasteiger partial charge in [0, 0.05) is 0 Å². The maximum absolute atomic E-state index is 11.6. The largest absolute Gasteiger partial charge is 0.348 e.